The van der Waals surface area contributed by atoms with Crippen molar-refractivity contribution in [1.29, 1.82) is 0 Å². The third-order valence-corrected chi connectivity index (χ3v) is 6.30. The maximum Gasteiger partial charge on any atom is 0.243 e. The molecule has 1 aliphatic rings. The van der Waals surface area contributed by atoms with Crippen molar-refractivity contribution in [2.75, 3.05) is 6.54 Å². The van der Waals surface area contributed by atoms with Gasteiger partial charge in [-0.1, -0.05) is 31.5 Å². The Hall–Kier alpha value is -0.100. The zero-order valence-electron chi connectivity index (χ0n) is 10.2. The molecule has 1 aromatic carbocycles. The smallest absolute Gasteiger partial charge is 0.211 e. The minimum atomic E-state index is -3.56. The van der Waals surface area contributed by atoms with E-state index in [2.05, 4.69) is 34.5 Å². The molecule has 1 N–H and O–H groups in total. The molecule has 0 aromatic heterocycles. The molecule has 0 heterocycles. The third-order valence-electron chi connectivity index (χ3n) is 3.42. The van der Waals surface area contributed by atoms with Gasteiger partial charge in [-0.2, -0.15) is 0 Å². The van der Waals surface area contributed by atoms with Crippen LogP contribution in [0, 0.1) is 11.3 Å². The summed E-state index contributed by atoms with van der Waals surface area (Å²) in [4.78, 5) is 0.116. The number of benzene rings is 1. The van der Waals surface area contributed by atoms with Crippen LogP contribution in [0.5, 0.6) is 0 Å². The summed E-state index contributed by atoms with van der Waals surface area (Å²) < 4.78 is 27.5. The van der Waals surface area contributed by atoms with Crippen LogP contribution in [0.15, 0.2) is 27.6 Å². The van der Waals surface area contributed by atoms with E-state index < -0.39 is 10.0 Å². The molecule has 0 saturated heterocycles. The lowest BCUT2D eigenvalue weighted by Gasteiger charge is -2.10. The van der Waals surface area contributed by atoms with Gasteiger partial charge in [-0.05, 0) is 45.8 Å². The molecule has 1 saturated carbocycles. The molecule has 0 aliphatic heterocycles. The van der Waals surface area contributed by atoms with Crippen LogP contribution in [0.25, 0.3) is 0 Å². The van der Waals surface area contributed by atoms with Crippen molar-refractivity contribution in [3.8, 4) is 0 Å². The molecular formula is C12H15BrClNO2S. The second-order valence-electron chi connectivity index (χ2n) is 5.29. The predicted molar refractivity (Wildman–Crippen MR) is 76.2 cm³/mol. The van der Waals surface area contributed by atoms with Crippen LogP contribution in [-0.4, -0.2) is 15.0 Å². The van der Waals surface area contributed by atoms with Crippen molar-refractivity contribution < 1.29 is 8.42 Å². The quantitative estimate of drug-likeness (QED) is 0.902. The highest BCUT2D eigenvalue weighted by Crippen LogP contribution is 2.51. The van der Waals surface area contributed by atoms with Gasteiger partial charge in [0.05, 0.1) is 5.02 Å². The van der Waals surface area contributed by atoms with Gasteiger partial charge in [0.25, 0.3) is 0 Å². The Bertz CT molecular complexity index is 551. The molecule has 1 aromatic rings. The highest BCUT2D eigenvalue weighted by Gasteiger charge is 2.45. The van der Waals surface area contributed by atoms with Crippen molar-refractivity contribution in [1.82, 2.24) is 4.72 Å². The molecule has 6 heteroatoms. The van der Waals surface area contributed by atoms with E-state index in [1.165, 1.54) is 0 Å². The zero-order valence-corrected chi connectivity index (χ0v) is 13.4. The molecule has 0 amide bonds. The SMILES string of the molecule is CC1(C)CC1CNS(=O)(=O)c1c(Cl)cccc1Br. The number of nitrogens with one attached hydrogen (secondary N) is 1. The molecule has 1 unspecified atom stereocenters. The molecule has 3 nitrogen and oxygen atoms in total. The molecule has 1 fully saturated rings. The van der Waals surface area contributed by atoms with E-state index in [0.717, 1.165) is 6.42 Å². The van der Waals surface area contributed by atoms with Crippen molar-refractivity contribution in [3.05, 3.63) is 27.7 Å². The van der Waals surface area contributed by atoms with Gasteiger partial charge in [0.1, 0.15) is 4.90 Å². The highest BCUT2D eigenvalue weighted by atomic mass is 79.9. The van der Waals surface area contributed by atoms with Crippen molar-refractivity contribution in [2.24, 2.45) is 11.3 Å². The van der Waals surface area contributed by atoms with E-state index in [1.807, 2.05) is 0 Å². The lowest BCUT2D eigenvalue weighted by atomic mass is 10.1. The standard InChI is InChI=1S/C12H15BrClNO2S/c1-12(2)6-8(12)7-15-18(16,17)11-9(13)4-3-5-10(11)14/h3-5,8,15H,6-7H2,1-2H3. The monoisotopic (exact) mass is 351 g/mol. The van der Waals surface area contributed by atoms with Crippen molar-refractivity contribution in [2.45, 2.75) is 25.2 Å². The Labute approximate surface area is 121 Å². The van der Waals surface area contributed by atoms with Gasteiger partial charge >= 0.3 is 0 Å². The van der Waals surface area contributed by atoms with Crippen LogP contribution in [0.2, 0.25) is 5.02 Å². The topological polar surface area (TPSA) is 46.2 Å². The minimum Gasteiger partial charge on any atom is -0.211 e. The van der Waals surface area contributed by atoms with E-state index in [1.54, 1.807) is 18.2 Å². The van der Waals surface area contributed by atoms with Crippen molar-refractivity contribution >= 4 is 37.6 Å². The molecule has 2 rings (SSSR count). The maximum absolute atomic E-state index is 12.2. The van der Waals surface area contributed by atoms with Crippen molar-refractivity contribution in [3.63, 3.8) is 0 Å². The first-order valence-corrected chi connectivity index (χ1v) is 8.33. The van der Waals surface area contributed by atoms with Crippen LogP contribution >= 0.6 is 27.5 Å². The molecule has 1 atom stereocenters. The fourth-order valence-electron chi connectivity index (χ4n) is 1.95. The molecular weight excluding hydrogens is 338 g/mol. The fraction of sp³-hybridized carbons (Fsp3) is 0.500. The van der Waals surface area contributed by atoms with E-state index in [9.17, 15) is 8.42 Å². The molecule has 0 radical (unpaired) electrons. The maximum atomic E-state index is 12.2. The largest absolute Gasteiger partial charge is 0.243 e. The first-order chi connectivity index (χ1) is 8.24. The summed E-state index contributed by atoms with van der Waals surface area (Å²) in [5.41, 5.74) is 0.250. The van der Waals surface area contributed by atoms with E-state index in [-0.39, 0.29) is 15.3 Å². The summed E-state index contributed by atoms with van der Waals surface area (Å²) in [6, 6.07) is 4.94. The van der Waals surface area contributed by atoms with Crippen LogP contribution in [0.1, 0.15) is 20.3 Å². The summed E-state index contributed by atoms with van der Waals surface area (Å²) in [5, 5.41) is 0.229. The Morgan fingerprint density at radius 3 is 2.61 bits per heavy atom. The summed E-state index contributed by atoms with van der Waals surface area (Å²) >= 11 is 9.18. The first-order valence-electron chi connectivity index (χ1n) is 5.68. The van der Waals surface area contributed by atoms with E-state index in [0.29, 0.717) is 16.9 Å². The average Bonchev–Trinajstić information content (AvgIpc) is 2.83. The number of sulfonamides is 1. The third kappa shape index (κ3) is 2.90. The normalized spacial score (nSPS) is 21.9. The summed E-state index contributed by atoms with van der Waals surface area (Å²) in [5.74, 6) is 0.411. The zero-order chi connectivity index (χ0) is 13.6. The van der Waals surface area contributed by atoms with Crippen LogP contribution < -0.4 is 4.72 Å². The minimum absolute atomic E-state index is 0.116. The Balaban J connectivity index is 2.16. The number of hydrogen-bond donors (Lipinski definition) is 1. The van der Waals surface area contributed by atoms with Crippen LogP contribution in [0.4, 0.5) is 0 Å². The van der Waals surface area contributed by atoms with Gasteiger partial charge in [0, 0.05) is 11.0 Å². The second kappa shape index (κ2) is 4.78. The second-order valence-corrected chi connectivity index (χ2v) is 8.26. The summed E-state index contributed by atoms with van der Waals surface area (Å²) in [6.07, 6.45) is 1.05. The Kier molecular flexibility index (Phi) is 3.80. The predicted octanol–water partition coefficient (Wildman–Crippen LogP) is 3.43. The number of hydrogen-bond acceptors (Lipinski definition) is 2. The van der Waals surface area contributed by atoms with E-state index in [4.69, 9.17) is 11.6 Å². The summed E-state index contributed by atoms with van der Waals surface area (Å²) in [7, 11) is -3.56. The molecule has 1 aliphatic carbocycles. The van der Waals surface area contributed by atoms with E-state index >= 15 is 0 Å². The number of rotatable bonds is 4. The van der Waals surface area contributed by atoms with Gasteiger partial charge in [-0.25, -0.2) is 13.1 Å². The van der Waals surface area contributed by atoms with Gasteiger partial charge in [0.2, 0.25) is 10.0 Å². The number of halogens is 2. The molecule has 0 bridgehead atoms. The first kappa shape index (κ1) is 14.3. The Morgan fingerprint density at radius 2 is 2.11 bits per heavy atom. The summed E-state index contributed by atoms with van der Waals surface area (Å²) in [6.45, 7) is 4.74. The lowest BCUT2D eigenvalue weighted by molar-refractivity contribution is 0.537. The molecule has 100 valence electrons. The van der Waals surface area contributed by atoms with Crippen LogP contribution in [0.3, 0.4) is 0 Å². The highest BCUT2D eigenvalue weighted by molar-refractivity contribution is 9.10. The fourth-order valence-corrected chi connectivity index (χ4v) is 4.76. The van der Waals surface area contributed by atoms with Gasteiger partial charge < -0.3 is 0 Å². The van der Waals surface area contributed by atoms with Gasteiger partial charge in [-0.3, -0.25) is 0 Å². The van der Waals surface area contributed by atoms with Crippen LogP contribution in [-0.2, 0) is 10.0 Å². The Morgan fingerprint density at radius 1 is 1.50 bits per heavy atom. The van der Waals surface area contributed by atoms with Gasteiger partial charge in [-0.15, -0.1) is 0 Å². The lowest BCUT2D eigenvalue weighted by Crippen LogP contribution is -2.27. The average molecular weight is 353 g/mol. The molecule has 0 spiro atoms. The van der Waals surface area contributed by atoms with Gasteiger partial charge in [0.15, 0.2) is 0 Å². The molecule has 18 heavy (non-hydrogen) atoms.